The molecule has 0 saturated heterocycles. The van der Waals surface area contributed by atoms with Gasteiger partial charge in [-0.15, -0.1) is 0 Å². The van der Waals surface area contributed by atoms with E-state index in [1.807, 2.05) is 54.8 Å². The Bertz CT molecular complexity index is 1400. The van der Waals surface area contributed by atoms with Crippen molar-refractivity contribution in [2.24, 2.45) is 0 Å². The van der Waals surface area contributed by atoms with E-state index in [0.717, 1.165) is 23.4 Å². The Morgan fingerprint density at radius 3 is 2.57 bits per heavy atom. The Morgan fingerprint density at radius 1 is 1.07 bits per heavy atom. The van der Waals surface area contributed by atoms with Crippen molar-refractivity contribution in [3.8, 4) is 5.69 Å². The molecule has 3 heterocycles. The molecule has 0 fully saturated rings. The summed E-state index contributed by atoms with van der Waals surface area (Å²) in [4.78, 5) is 27.5. The van der Waals surface area contributed by atoms with Crippen molar-refractivity contribution >= 4 is 34.9 Å². The Morgan fingerprint density at radius 2 is 1.80 bits per heavy atom. The fourth-order valence-electron chi connectivity index (χ4n) is 4.19. The standard InChI is InChI=1S/C23H21N5OS/c1-13-8-10-17(11-9-13)28-15(3)24-20-19(22(28)30)21(29)26-23(25-20)27-14(2)12-16-6-4-5-7-18(16)27/h4-11,14H,12H2,1-3H3,(H,25,26,29)/t14-/m1/s1. The largest absolute Gasteiger partial charge is 0.309 e. The van der Waals surface area contributed by atoms with Gasteiger partial charge in [0.1, 0.15) is 15.9 Å². The number of nitrogens with one attached hydrogen (secondary N) is 1. The lowest BCUT2D eigenvalue weighted by atomic mass is 10.1. The summed E-state index contributed by atoms with van der Waals surface area (Å²) >= 11 is 5.70. The maximum Gasteiger partial charge on any atom is 0.264 e. The van der Waals surface area contributed by atoms with Crippen LogP contribution >= 0.6 is 12.2 Å². The Hall–Kier alpha value is -3.32. The number of para-hydroxylation sites is 1. The van der Waals surface area contributed by atoms with E-state index in [-0.39, 0.29) is 11.6 Å². The molecule has 1 aliphatic rings. The quantitative estimate of drug-likeness (QED) is 0.487. The molecule has 0 aliphatic carbocycles. The van der Waals surface area contributed by atoms with Crippen LogP contribution in [0.3, 0.4) is 0 Å². The van der Waals surface area contributed by atoms with Crippen molar-refractivity contribution in [3.63, 3.8) is 0 Å². The number of benzene rings is 2. The minimum absolute atomic E-state index is 0.188. The molecule has 0 radical (unpaired) electrons. The van der Waals surface area contributed by atoms with Crippen LogP contribution in [0, 0.1) is 18.5 Å². The van der Waals surface area contributed by atoms with Gasteiger partial charge in [0.15, 0.2) is 5.65 Å². The highest BCUT2D eigenvalue weighted by Crippen LogP contribution is 2.36. The molecule has 0 unspecified atom stereocenters. The number of rotatable bonds is 2. The van der Waals surface area contributed by atoms with Crippen molar-refractivity contribution in [2.75, 3.05) is 4.90 Å². The zero-order valence-corrected chi connectivity index (χ0v) is 17.8. The molecule has 4 aromatic rings. The van der Waals surface area contributed by atoms with Crippen molar-refractivity contribution in [1.29, 1.82) is 0 Å². The third kappa shape index (κ3) is 2.85. The monoisotopic (exact) mass is 415 g/mol. The highest BCUT2D eigenvalue weighted by Gasteiger charge is 2.29. The predicted octanol–water partition coefficient (Wildman–Crippen LogP) is 4.54. The molecular formula is C23H21N5OS. The van der Waals surface area contributed by atoms with Crippen LogP contribution in [-0.4, -0.2) is 25.6 Å². The first-order valence-corrected chi connectivity index (χ1v) is 10.3. The van der Waals surface area contributed by atoms with Gasteiger partial charge in [0, 0.05) is 17.4 Å². The number of hydrogen-bond donors (Lipinski definition) is 1. The Balaban J connectivity index is 1.71. The van der Waals surface area contributed by atoms with Crippen LogP contribution in [0.15, 0.2) is 53.3 Å². The lowest BCUT2D eigenvalue weighted by Gasteiger charge is -2.23. The maximum atomic E-state index is 13.1. The molecule has 0 bridgehead atoms. The van der Waals surface area contributed by atoms with Crippen molar-refractivity contribution in [3.05, 3.63) is 80.5 Å². The van der Waals surface area contributed by atoms with Gasteiger partial charge in [-0.3, -0.25) is 14.3 Å². The normalized spacial score (nSPS) is 15.6. The lowest BCUT2D eigenvalue weighted by molar-refractivity contribution is 0.739. The summed E-state index contributed by atoms with van der Waals surface area (Å²) in [5.74, 6) is 1.19. The molecule has 0 saturated carbocycles. The Kier molecular flexibility index (Phi) is 4.29. The summed E-state index contributed by atoms with van der Waals surface area (Å²) in [6.45, 7) is 6.03. The van der Waals surface area contributed by atoms with E-state index in [1.54, 1.807) is 0 Å². The van der Waals surface area contributed by atoms with Gasteiger partial charge in [-0.2, -0.15) is 4.98 Å². The van der Waals surface area contributed by atoms with E-state index in [1.165, 1.54) is 5.56 Å². The topological polar surface area (TPSA) is 66.8 Å². The molecule has 30 heavy (non-hydrogen) atoms. The van der Waals surface area contributed by atoms with E-state index >= 15 is 0 Å². The second-order valence-corrected chi connectivity index (χ2v) is 8.16. The van der Waals surface area contributed by atoms with Gasteiger partial charge >= 0.3 is 0 Å². The fourth-order valence-corrected chi connectivity index (χ4v) is 4.61. The van der Waals surface area contributed by atoms with Crippen molar-refractivity contribution in [1.82, 2.24) is 19.5 Å². The summed E-state index contributed by atoms with van der Waals surface area (Å²) in [5.41, 5.74) is 4.43. The smallest absolute Gasteiger partial charge is 0.264 e. The molecule has 1 aliphatic heterocycles. The highest BCUT2D eigenvalue weighted by molar-refractivity contribution is 7.71. The molecule has 0 amide bonds. The van der Waals surface area contributed by atoms with Crippen LogP contribution in [0.2, 0.25) is 0 Å². The van der Waals surface area contributed by atoms with Crippen molar-refractivity contribution in [2.45, 2.75) is 33.2 Å². The number of H-pyrrole nitrogens is 1. The van der Waals surface area contributed by atoms with Crippen LogP contribution in [-0.2, 0) is 6.42 Å². The number of aromatic amines is 1. The molecular weight excluding hydrogens is 394 g/mol. The third-order valence-electron chi connectivity index (χ3n) is 5.62. The van der Waals surface area contributed by atoms with E-state index < -0.39 is 0 Å². The Labute approximate surface area is 178 Å². The van der Waals surface area contributed by atoms with Gasteiger partial charge in [0.25, 0.3) is 5.56 Å². The van der Waals surface area contributed by atoms with Crippen LogP contribution < -0.4 is 10.5 Å². The average Bonchev–Trinajstić information content (AvgIpc) is 3.04. The van der Waals surface area contributed by atoms with Crippen LogP contribution in [0.1, 0.15) is 23.9 Å². The van der Waals surface area contributed by atoms with Gasteiger partial charge < -0.3 is 4.90 Å². The number of nitrogens with zero attached hydrogens (tertiary/aromatic N) is 4. The van der Waals surface area contributed by atoms with Crippen molar-refractivity contribution < 1.29 is 0 Å². The predicted molar refractivity (Wildman–Crippen MR) is 122 cm³/mol. The minimum atomic E-state index is -0.273. The fraction of sp³-hybridized carbons (Fsp3) is 0.217. The van der Waals surface area contributed by atoms with Gasteiger partial charge in [-0.05, 0) is 51.0 Å². The van der Waals surface area contributed by atoms with Gasteiger partial charge in [0.05, 0.1) is 0 Å². The molecule has 7 heteroatoms. The summed E-state index contributed by atoms with van der Waals surface area (Å²) in [5, 5.41) is 0.333. The molecule has 5 rings (SSSR count). The van der Waals surface area contributed by atoms with Gasteiger partial charge in [0.2, 0.25) is 5.95 Å². The third-order valence-corrected chi connectivity index (χ3v) is 6.01. The summed E-state index contributed by atoms with van der Waals surface area (Å²) < 4.78 is 2.23. The van der Waals surface area contributed by atoms with Crippen LogP contribution in [0.25, 0.3) is 16.7 Å². The molecule has 2 aromatic carbocycles. The maximum absolute atomic E-state index is 13.1. The van der Waals surface area contributed by atoms with E-state index in [4.69, 9.17) is 17.2 Å². The van der Waals surface area contributed by atoms with E-state index in [2.05, 4.69) is 33.9 Å². The molecule has 6 nitrogen and oxygen atoms in total. The lowest BCUT2D eigenvalue weighted by Crippen LogP contribution is -2.28. The second-order valence-electron chi connectivity index (χ2n) is 7.78. The number of aromatic nitrogens is 4. The average molecular weight is 416 g/mol. The summed E-state index contributed by atoms with van der Waals surface area (Å²) in [6.07, 6.45) is 0.902. The molecule has 150 valence electrons. The van der Waals surface area contributed by atoms with Gasteiger partial charge in [-0.25, -0.2) is 4.98 Å². The van der Waals surface area contributed by atoms with Crippen LogP contribution in [0.5, 0.6) is 0 Å². The van der Waals surface area contributed by atoms with Gasteiger partial charge in [-0.1, -0.05) is 48.1 Å². The summed E-state index contributed by atoms with van der Waals surface area (Å²) in [6, 6.07) is 16.4. The molecule has 2 aromatic heterocycles. The van der Waals surface area contributed by atoms with E-state index in [0.29, 0.717) is 27.4 Å². The first kappa shape index (κ1) is 18.7. The number of anilines is 2. The molecule has 1 atom stereocenters. The van der Waals surface area contributed by atoms with Crippen LogP contribution in [0.4, 0.5) is 11.6 Å². The minimum Gasteiger partial charge on any atom is -0.309 e. The number of hydrogen-bond acceptors (Lipinski definition) is 5. The second kappa shape index (κ2) is 6.88. The molecule has 0 spiro atoms. The first-order valence-electron chi connectivity index (χ1n) is 9.92. The SMILES string of the molecule is Cc1ccc(-n2c(C)nc3nc(N4c5ccccc5C[C@H]4C)[nH]c(=O)c3c2=S)cc1. The number of aryl methyl sites for hydroxylation is 2. The van der Waals surface area contributed by atoms with E-state index in [9.17, 15) is 4.79 Å². The zero-order chi connectivity index (χ0) is 21.0. The number of fused-ring (bicyclic) bond motifs is 2. The first-order chi connectivity index (χ1) is 14.4. The highest BCUT2D eigenvalue weighted by atomic mass is 32.1. The molecule has 1 N–H and O–H groups in total. The zero-order valence-electron chi connectivity index (χ0n) is 17.0. The summed E-state index contributed by atoms with van der Waals surface area (Å²) in [7, 11) is 0.